The Labute approximate surface area is 178 Å². The zero-order valence-electron chi connectivity index (χ0n) is 15.9. The van der Waals surface area contributed by atoms with Gasteiger partial charge in [-0.25, -0.2) is 0 Å². The molecule has 0 bridgehead atoms. The second kappa shape index (κ2) is 14.0. The Bertz CT molecular complexity index is 552. The average molecular weight is 414 g/mol. The molecule has 0 N–H and O–H groups in total. The molecule has 1 aliphatic carbocycles. The molecule has 1 atom stereocenters. The summed E-state index contributed by atoms with van der Waals surface area (Å²) in [5.41, 5.74) is 2.62. The Balaban J connectivity index is 0.000000540. The molecule has 1 unspecified atom stereocenters. The van der Waals surface area contributed by atoms with Crippen LogP contribution in [0.4, 0.5) is 4.79 Å². The summed E-state index contributed by atoms with van der Waals surface area (Å²) in [7, 11) is 1.55. The van der Waals surface area contributed by atoms with E-state index in [4.69, 9.17) is 0 Å². The van der Waals surface area contributed by atoms with E-state index in [2.05, 4.69) is 36.5 Å². The molecule has 133 valence electrons. The first kappa shape index (κ1) is 23.8. The summed E-state index contributed by atoms with van der Waals surface area (Å²) in [6.45, 7) is 7.64. The Morgan fingerprint density at radius 3 is 1.96 bits per heavy atom. The van der Waals surface area contributed by atoms with Gasteiger partial charge in [0.15, 0.2) is 6.03 Å². The number of hydrogen-bond acceptors (Lipinski definition) is 1. The van der Waals surface area contributed by atoms with Gasteiger partial charge in [0.25, 0.3) is 0 Å². The molecule has 1 aromatic rings. The Morgan fingerprint density at radius 2 is 1.48 bits per heavy atom. The zero-order chi connectivity index (χ0) is 17.8. The van der Waals surface area contributed by atoms with Crippen molar-refractivity contribution in [2.75, 3.05) is 20.1 Å². The van der Waals surface area contributed by atoms with Crippen LogP contribution in [0.25, 0.3) is 5.32 Å². The number of benzene rings is 1. The maximum atomic E-state index is 11.5. The van der Waals surface area contributed by atoms with Crippen LogP contribution in [-0.2, 0) is 32.7 Å². The van der Waals surface area contributed by atoms with Crippen LogP contribution in [0.3, 0.4) is 0 Å². The first-order valence-electron chi connectivity index (χ1n) is 8.68. The molecule has 0 fully saturated rings. The molecule has 1 aliphatic heterocycles. The second-order valence-corrected chi connectivity index (χ2v) is 5.46. The first-order valence-corrected chi connectivity index (χ1v) is 8.68. The third-order valence-corrected chi connectivity index (χ3v) is 3.76. The van der Waals surface area contributed by atoms with Crippen molar-refractivity contribution in [2.24, 2.45) is 5.92 Å². The summed E-state index contributed by atoms with van der Waals surface area (Å²) in [6, 6.07) is 11.9. The fourth-order valence-electron chi connectivity index (χ4n) is 2.44. The normalized spacial score (nSPS) is 17.6. The number of urea groups is 1. The van der Waals surface area contributed by atoms with Gasteiger partial charge in [0.2, 0.25) is 0 Å². The van der Waals surface area contributed by atoms with Gasteiger partial charge in [-0.05, 0) is 36.6 Å². The fourth-order valence-corrected chi connectivity index (χ4v) is 2.44. The standard InChI is InChI=1S/C13H18N2O.C6H6.C2H6.Y/c1-10-3-5-11-7-8-15(13(16)14-2)9-12(11)6-4-10;1-2-4-6-5-3-1;1-2;/h3-6,10H,7-9H2,1-2H3,(H,14,16);1-6H;1-2H3;/p-1. The summed E-state index contributed by atoms with van der Waals surface area (Å²) in [4.78, 5) is 13.3. The van der Waals surface area contributed by atoms with Gasteiger partial charge in [0.1, 0.15) is 0 Å². The number of allylic oxidation sites excluding steroid dienone is 3. The van der Waals surface area contributed by atoms with Crippen LogP contribution in [-0.4, -0.2) is 31.1 Å². The van der Waals surface area contributed by atoms with Gasteiger partial charge in [-0.1, -0.05) is 88.5 Å². The van der Waals surface area contributed by atoms with E-state index in [9.17, 15) is 4.79 Å². The number of amides is 2. The summed E-state index contributed by atoms with van der Waals surface area (Å²) in [6.07, 6.45) is 9.67. The first-order chi connectivity index (χ1) is 11.7. The van der Waals surface area contributed by atoms with Gasteiger partial charge in [0, 0.05) is 32.7 Å². The molecule has 0 spiro atoms. The summed E-state index contributed by atoms with van der Waals surface area (Å²) in [5, 5.41) is 3.71. The van der Waals surface area contributed by atoms with Crippen LogP contribution < -0.4 is 0 Å². The number of carbonyl (C=O) groups is 1. The molecule has 3 rings (SSSR count). The summed E-state index contributed by atoms with van der Waals surface area (Å²) < 4.78 is 0. The molecule has 0 aromatic heterocycles. The van der Waals surface area contributed by atoms with Crippen molar-refractivity contribution in [1.29, 1.82) is 0 Å². The van der Waals surface area contributed by atoms with Crippen molar-refractivity contribution in [1.82, 2.24) is 4.90 Å². The molecule has 4 heteroatoms. The monoisotopic (exact) mass is 414 g/mol. The van der Waals surface area contributed by atoms with E-state index in [1.54, 1.807) is 11.9 Å². The molecule has 1 aromatic carbocycles. The van der Waals surface area contributed by atoms with Crippen LogP contribution >= 0.6 is 0 Å². The molecule has 2 aliphatic rings. The Hall–Kier alpha value is -1.19. The molecule has 1 heterocycles. The average Bonchev–Trinajstić information content (AvgIpc) is 2.86. The second-order valence-electron chi connectivity index (χ2n) is 5.46. The topological polar surface area (TPSA) is 34.4 Å². The molecule has 2 amide bonds. The summed E-state index contributed by atoms with van der Waals surface area (Å²) >= 11 is 0. The van der Waals surface area contributed by atoms with Crippen molar-refractivity contribution in [3.05, 3.63) is 77.2 Å². The molecular weight excluding hydrogens is 385 g/mol. The van der Waals surface area contributed by atoms with Crippen LogP contribution in [0.1, 0.15) is 27.2 Å². The van der Waals surface area contributed by atoms with Crippen molar-refractivity contribution in [3.63, 3.8) is 0 Å². The van der Waals surface area contributed by atoms with Gasteiger partial charge < -0.3 is 10.2 Å². The molecule has 0 saturated carbocycles. The Morgan fingerprint density at radius 1 is 1.00 bits per heavy atom. The third kappa shape index (κ3) is 8.64. The molecular formula is C21H29N2OY-. The van der Waals surface area contributed by atoms with E-state index in [1.807, 2.05) is 50.2 Å². The van der Waals surface area contributed by atoms with E-state index >= 15 is 0 Å². The maximum absolute atomic E-state index is 11.5. The predicted octanol–water partition coefficient (Wildman–Crippen LogP) is 5.58. The van der Waals surface area contributed by atoms with E-state index in [-0.39, 0.29) is 38.7 Å². The predicted molar refractivity (Wildman–Crippen MR) is 103 cm³/mol. The number of hydrogen-bond donors (Lipinski definition) is 0. The van der Waals surface area contributed by atoms with Gasteiger partial charge in [-0.3, -0.25) is 4.79 Å². The van der Waals surface area contributed by atoms with E-state index < -0.39 is 0 Å². The van der Waals surface area contributed by atoms with Crippen LogP contribution in [0.15, 0.2) is 71.8 Å². The van der Waals surface area contributed by atoms with Crippen molar-refractivity contribution >= 4 is 6.03 Å². The van der Waals surface area contributed by atoms with Gasteiger partial charge >= 0.3 is 0 Å². The largest absolute Gasteiger partial charge is 0.434 e. The smallest absolute Gasteiger partial charge is 0.155 e. The van der Waals surface area contributed by atoms with Gasteiger partial charge in [-0.15, -0.1) is 0 Å². The van der Waals surface area contributed by atoms with E-state index in [1.165, 1.54) is 11.1 Å². The van der Waals surface area contributed by atoms with Crippen molar-refractivity contribution in [3.8, 4) is 0 Å². The Kier molecular flexibility index (Phi) is 13.4. The molecule has 25 heavy (non-hydrogen) atoms. The zero-order valence-corrected chi connectivity index (χ0v) is 18.7. The van der Waals surface area contributed by atoms with Crippen molar-refractivity contribution in [2.45, 2.75) is 27.2 Å². The minimum atomic E-state index is -0.110. The van der Waals surface area contributed by atoms with Crippen LogP contribution in [0.5, 0.6) is 0 Å². The SMILES string of the molecule is CC.C[N-]C(=O)N1CCC2=C(C=CC(C)C=C2)C1.[Y].c1ccccc1. The minimum Gasteiger partial charge on any atom is -0.434 e. The third-order valence-electron chi connectivity index (χ3n) is 3.76. The minimum absolute atomic E-state index is 0. The van der Waals surface area contributed by atoms with E-state index in [0.29, 0.717) is 12.5 Å². The number of rotatable bonds is 0. The number of nitrogens with zero attached hydrogens (tertiary/aromatic N) is 2. The maximum Gasteiger partial charge on any atom is 0.155 e. The van der Waals surface area contributed by atoms with Gasteiger partial charge in [-0.2, -0.15) is 0 Å². The molecule has 0 saturated heterocycles. The molecule has 1 radical (unpaired) electrons. The van der Waals surface area contributed by atoms with Crippen LogP contribution in [0.2, 0.25) is 0 Å². The molecule has 3 nitrogen and oxygen atoms in total. The van der Waals surface area contributed by atoms with Crippen LogP contribution in [0, 0.1) is 5.92 Å². The van der Waals surface area contributed by atoms with Gasteiger partial charge in [0.05, 0.1) is 0 Å². The number of carbonyl (C=O) groups excluding carboxylic acids is 1. The van der Waals surface area contributed by atoms with E-state index in [0.717, 1.165) is 13.0 Å². The van der Waals surface area contributed by atoms with Crippen molar-refractivity contribution < 1.29 is 37.5 Å². The fraction of sp³-hybridized carbons (Fsp3) is 0.381. The quantitative estimate of drug-likeness (QED) is 0.545. The summed E-state index contributed by atoms with van der Waals surface area (Å²) in [5.74, 6) is 0.477.